The van der Waals surface area contributed by atoms with E-state index in [4.69, 9.17) is 28.6 Å². The number of halogens is 2. The number of phenols is 1. The van der Waals surface area contributed by atoms with E-state index in [1.165, 1.54) is 24.3 Å². The van der Waals surface area contributed by atoms with Crippen molar-refractivity contribution in [3.8, 4) is 5.75 Å². The van der Waals surface area contributed by atoms with E-state index in [0.29, 0.717) is 18.7 Å². The summed E-state index contributed by atoms with van der Waals surface area (Å²) in [6, 6.07) is 10.1. The van der Waals surface area contributed by atoms with Gasteiger partial charge in [0.15, 0.2) is 10.9 Å². The number of aromatic hydroxyl groups is 1. The highest BCUT2D eigenvalue weighted by Crippen LogP contribution is 2.37. The molecule has 2 aromatic carbocycles. The van der Waals surface area contributed by atoms with Crippen LogP contribution in [0.2, 0.25) is 5.02 Å². The van der Waals surface area contributed by atoms with Crippen LogP contribution in [0.4, 0.5) is 11.4 Å². The number of para-hydroxylation sites is 1. The maximum atomic E-state index is 12.9. The molecule has 1 fully saturated rings. The van der Waals surface area contributed by atoms with Gasteiger partial charge in [0.2, 0.25) is 0 Å². The summed E-state index contributed by atoms with van der Waals surface area (Å²) in [4.78, 5) is 1.99. The smallest absolute Gasteiger partial charge is 0.258 e. The van der Waals surface area contributed by atoms with Crippen molar-refractivity contribution in [1.29, 1.82) is 0 Å². The lowest BCUT2D eigenvalue weighted by Gasteiger charge is -2.24. The van der Waals surface area contributed by atoms with E-state index in [1.54, 1.807) is 0 Å². The van der Waals surface area contributed by atoms with E-state index in [1.807, 2.05) is 24.3 Å². The van der Waals surface area contributed by atoms with Crippen LogP contribution in [0.3, 0.4) is 0 Å². The third-order valence-corrected chi connectivity index (χ3v) is 7.18. The molecule has 1 aliphatic heterocycles. The third kappa shape index (κ3) is 5.22. The molecule has 8 nitrogen and oxygen atoms in total. The second kappa shape index (κ2) is 9.77. The molecular weight excluding hydrogens is 516 g/mol. The minimum absolute atomic E-state index is 0.0917. The summed E-state index contributed by atoms with van der Waals surface area (Å²) in [7, 11) is -2.66. The Balaban J connectivity index is 1.82. The predicted molar refractivity (Wildman–Crippen MR) is 124 cm³/mol. The molecule has 12 heteroatoms. The summed E-state index contributed by atoms with van der Waals surface area (Å²) >= 11 is 14.8. The molecule has 0 spiro atoms. The Morgan fingerprint density at radius 1 is 1.27 bits per heavy atom. The third-order valence-electron chi connectivity index (χ3n) is 4.43. The van der Waals surface area contributed by atoms with Crippen molar-refractivity contribution in [1.82, 2.24) is 9.84 Å². The zero-order valence-corrected chi connectivity index (χ0v) is 19.8. The number of methoxy groups -OCH3 is 1. The minimum atomic E-state index is -4.17. The maximum Gasteiger partial charge on any atom is 0.258 e. The number of ether oxygens (including phenoxy) is 1. The number of nitrogens with zero attached hydrogens (tertiary/aromatic N) is 1. The monoisotopic (exact) mass is 534 g/mol. The van der Waals surface area contributed by atoms with Crippen LogP contribution in [-0.4, -0.2) is 43.5 Å². The van der Waals surface area contributed by atoms with Crippen molar-refractivity contribution < 1.29 is 18.3 Å². The van der Waals surface area contributed by atoms with Crippen molar-refractivity contribution >= 4 is 66.3 Å². The molecule has 0 saturated carbocycles. The zero-order valence-electron chi connectivity index (χ0n) is 15.9. The van der Waals surface area contributed by atoms with Gasteiger partial charge in [0, 0.05) is 18.1 Å². The van der Waals surface area contributed by atoms with Crippen molar-refractivity contribution in [2.45, 2.75) is 24.0 Å². The molecule has 162 valence electrons. The summed E-state index contributed by atoms with van der Waals surface area (Å²) in [6.45, 7) is 0.480. The highest BCUT2D eigenvalue weighted by Gasteiger charge is 2.32. The first-order valence-electron chi connectivity index (χ1n) is 8.89. The van der Waals surface area contributed by atoms with Crippen LogP contribution >= 0.6 is 39.7 Å². The lowest BCUT2D eigenvalue weighted by Crippen LogP contribution is -2.45. The maximum absolute atomic E-state index is 12.9. The lowest BCUT2D eigenvalue weighted by molar-refractivity contribution is -0.0163. The first kappa shape index (κ1) is 23.2. The van der Waals surface area contributed by atoms with E-state index < -0.39 is 20.7 Å². The molecular formula is C18H20BrClN4O4S2. The van der Waals surface area contributed by atoms with Gasteiger partial charge in [0.05, 0.1) is 16.4 Å². The normalized spacial score (nSPS) is 17.1. The highest BCUT2D eigenvalue weighted by molar-refractivity contribution is 9.10. The molecule has 0 radical (unpaired) electrons. The number of nitrogens with one attached hydrogen (secondary N) is 3. The average molecular weight is 536 g/mol. The number of thiocarbonyl (C=S) groups is 1. The van der Waals surface area contributed by atoms with Crippen LogP contribution in [0.5, 0.6) is 5.75 Å². The lowest BCUT2D eigenvalue weighted by atomic mass is 10.3. The van der Waals surface area contributed by atoms with Crippen molar-refractivity contribution in [3.63, 3.8) is 0 Å². The quantitative estimate of drug-likeness (QED) is 0.326. The first-order valence-corrected chi connectivity index (χ1v) is 11.9. The number of anilines is 2. The van der Waals surface area contributed by atoms with Crippen LogP contribution in [-0.2, 0) is 14.8 Å². The Hall–Kier alpha value is -1.47. The number of rotatable bonds is 6. The molecule has 1 heterocycles. The molecule has 30 heavy (non-hydrogen) atoms. The SMILES string of the molecule is CO[C@@H]1CCCN1NS(=O)(=O)c1c(Cl)ccc(NC(=S)Nc2ccccc2Br)c1O. The van der Waals surface area contributed by atoms with Crippen molar-refractivity contribution in [2.75, 3.05) is 24.3 Å². The molecule has 0 bridgehead atoms. The van der Waals surface area contributed by atoms with Crippen LogP contribution < -0.4 is 15.5 Å². The Morgan fingerprint density at radius 3 is 2.67 bits per heavy atom. The van der Waals surface area contributed by atoms with E-state index in [-0.39, 0.29) is 22.1 Å². The second-order valence-corrected chi connectivity index (χ2v) is 9.72. The average Bonchev–Trinajstić information content (AvgIpc) is 3.12. The largest absolute Gasteiger partial charge is 0.504 e. The van der Waals surface area contributed by atoms with Gasteiger partial charge in [-0.05, 0) is 65.3 Å². The van der Waals surface area contributed by atoms with Gasteiger partial charge >= 0.3 is 0 Å². The Morgan fingerprint density at radius 2 is 1.97 bits per heavy atom. The molecule has 0 aliphatic carbocycles. The fourth-order valence-electron chi connectivity index (χ4n) is 3.03. The van der Waals surface area contributed by atoms with E-state index in [9.17, 15) is 13.5 Å². The van der Waals surface area contributed by atoms with Gasteiger partial charge < -0.3 is 20.5 Å². The van der Waals surface area contributed by atoms with Gasteiger partial charge in [0.1, 0.15) is 11.1 Å². The number of phenolic OH excluding ortho intramolecular Hbond substituents is 1. The summed E-state index contributed by atoms with van der Waals surface area (Å²) in [5.74, 6) is -0.542. The Kier molecular flexibility index (Phi) is 7.56. The van der Waals surface area contributed by atoms with Gasteiger partial charge in [0.25, 0.3) is 10.0 Å². The van der Waals surface area contributed by atoms with Gasteiger partial charge in [-0.25, -0.2) is 13.4 Å². The number of benzene rings is 2. The highest BCUT2D eigenvalue weighted by atomic mass is 79.9. The molecule has 4 N–H and O–H groups in total. The predicted octanol–water partition coefficient (Wildman–Crippen LogP) is 3.88. The second-order valence-electron chi connectivity index (χ2n) is 6.45. The van der Waals surface area contributed by atoms with Crippen LogP contribution in [0.1, 0.15) is 12.8 Å². The molecule has 1 saturated heterocycles. The van der Waals surface area contributed by atoms with Crippen molar-refractivity contribution in [3.05, 3.63) is 45.9 Å². The molecule has 3 rings (SSSR count). The standard InChI is InChI=1S/C18H20BrClN4O4S2/c1-28-15-7-4-10-24(15)23-30(26,27)17-12(20)8-9-14(16(17)25)22-18(29)21-13-6-3-2-5-11(13)19/h2-3,5-6,8-9,15,23,25H,4,7,10H2,1H3,(H2,21,22,29)/t15-/m1/s1. The molecule has 2 aromatic rings. The fourth-order valence-corrected chi connectivity index (χ4v) is 5.39. The van der Waals surface area contributed by atoms with Crippen LogP contribution in [0.25, 0.3) is 0 Å². The Labute approximate surface area is 193 Å². The molecule has 1 atom stereocenters. The summed E-state index contributed by atoms with van der Waals surface area (Å²) in [5, 5.41) is 17.9. The van der Waals surface area contributed by atoms with E-state index in [2.05, 4.69) is 31.4 Å². The van der Waals surface area contributed by atoms with Gasteiger partial charge in [-0.15, -0.1) is 4.83 Å². The summed E-state index contributed by atoms with van der Waals surface area (Å²) in [5.41, 5.74) is 0.798. The number of hydrazine groups is 1. The van der Waals surface area contributed by atoms with Gasteiger partial charge in [-0.3, -0.25) is 0 Å². The van der Waals surface area contributed by atoms with Crippen LogP contribution in [0.15, 0.2) is 45.8 Å². The van der Waals surface area contributed by atoms with Gasteiger partial charge in [-0.2, -0.15) is 0 Å². The molecule has 1 aliphatic rings. The fraction of sp³-hybridized carbons (Fsp3) is 0.278. The minimum Gasteiger partial charge on any atom is -0.504 e. The zero-order chi connectivity index (χ0) is 21.9. The van der Waals surface area contributed by atoms with Crippen molar-refractivity contribution in [2.24, 2.45) is 0 Å². The van der Waals surface area contributed by atoms with E-state index >= 15 is 0 Å². The van der Waals surface area contributed by atoms with E-state index in [0.717, 1.165) is 10.9 Å². The molecule has 0 aromatic heterocycles. The Bertz CT molecular complexity index is 1050. The molecule has 0 amide bonds. The number of sulfonamides is 1. The first-order chi connectivity index (χ1) is 14.2. The topological polar surface area (TPSA) is 103 Å². The summed E-state index contributed by atoms with van der Waals surface area (Å²) in [6.07, 6.45) is 1.08. The number of hydrogen-bond donors (Lipinski definition) is 4. The summed E-state index contributed by atoms with van der Waals surface area (Å²) < 4.78 is 31.9. The number of hydrogen-bond acceptors (Lipinski definition) is 6. The van der Waals surface area contributed by atoms with Crippen LogP contribution in [0, 0.1) is 0 Å². The van der Waals surface area contributed by atoms with Gasteiger partial charge in [-0.1, -0.05) is 23.7 Å². The molecule has 0 unspecified atom stereocenters.